The standard InChI is InChI=1S/C10H14BrNOS/c1-14-5-4-13-9-2-3-10(11)8(6-9)7-12/h2-3,6H,4-5,7,12H2,1H3. The van der Waals surface area contributed by atoms with E-state index in [2.05, 4.69) is 22.2 Å². The fourth-order valence-electron chi connectivity index (χ4n) is 1.04. The van der Waals surface area contributed by atoms with Crippen LogP contribution in [0, 0.1) is 0 Å². The van der Waals surface area contributed by atoms with Crippen molar-refractivity contribution in [3.63, 3.8) is 0 Å². The zero-order chi connectivity index (χ0) is 10.4. The molecule has 0 aliphatic carbocycles. The summed E-state index contributed by atoms with van der Waals surface area (Å²) in [5.41, 5.74) is 6.66. The van der Waals surface area contributed by atoms with Gasteiger partial charge in [0.2, 0.25) is 0 Å². The van der Waals surface area contributed by atoms with Crippen molar-refractivity contribution in [3.8, 4) is 5.75 Å². The largest absolute Gasteiger partial charge is 0.493 e. The second-order valence-corrected chi connectivity index (χ2v) is 4.64. The van der Waals surface area contributed by atoms with Crippen LogP contribution in [0.2, 0.25) is 0 Å². The summed E-state index contributed by atoms with van der Waals surface area (Å²) in [5, 5.41) is 0. The van der Waals surface area contributed by atoms with Crippen LogP contribution in [0.15, 0.2) is 22.7 Å². The molecule has 1 rings (SSSR count). The molecule has 0 aliphatic rings. The molecule has 0 fully saturated rings. The highest BCUT2D eigenvalue weighted by Crippen LogP contribution is 2.22. The molecule has 0 spiro atoms. The maximum atomic E-state index is 5.58. The van der Waals surface area contributed by atoms with Crippen LogP contribution < -0.4 is 10.5 Å². The lowest BCUT2D eigenvalue weighted by molar-refractivity contribution is 0.343. The summed E-state index contributed by atoms with van der Waals surface area (Å²) in [6.07, 6.45) is 2.07. The zero-order valence-electron chi connectivity index (χ0n) is 8.13. The van der Waals surface area contributed by atoms with E-state index in [0.29, 0.717) is 6.54 Å². The zero-order valence-corrected chi connectivity index (χ0v) is 10.5. The fraction of sp³-hybridized carbons (Fsp3) is 0.400. The van der Waals surface area contributed by atoms with Crippen molar-refractivity contribution in [3.05, 3.63) is 28.2 Å². The summed E-state index contributed by atoms with van der Waals surface area (Å²) in [6, 6.07) is 5.89. The number of thioether (sulfide) groups is 1. The van der Waals surface area contributed by atoms with Crippen LogP contribution in [0.1, 0.15) is 5.56 Å². The molecule has 1 aromatic rings. The molecular weight excluding hydrogens is 262 g/mol. The Morgan fingerprint density at radius 3 is 2.93 bits per heavy atom. The molecule has 78 valence electrons. The van der Waals surface area contributed by atoms with Gasteiger partial charge in [-0.1, -0.05) is 15.9 Å². The molecule has 0 radical (unpaired) electrons. The predicted molar refractivity (Wildman–Crippen MR) is 65.9 cm³/mol. The summed E-state index contributed by atoms with van der Waals surface area (Å²) < 4.78 is 6.59. The summed E-state index contributed by atoms with van der Waals surface area (Å²) in [4.78, 5) is 0. The van der Waals surface area contributed by atoms with E-state index < -0.39 is 0 Å². The number of benzene rings is 1. The van der Waals surface area contributed by atoms with Gasteiger partial charge < -0.3 is 10.5 Å². The minimum absolute atomic E-state index is 0.528. The van der Waals surface area contributed by atoms with Crippen molar-refractivity contribution in [1.82, 2.24) is 0 Å². The molecule has 0 amide bonds. The van der Waals surface area contributed by atoms with Crippen molar-refractivity contribution in [1.29, 1.82) is 0 Å². The van der Waals surface area contributed by atoms with Gasteiger partial charge in [0.1, 0.15) is 5.75 Å². The first-order valence-electron chi connectivity index (χ1n) is 4.38. The van der Waals surface area contributed by atoms with Gasteiger partial charge in [-0.25, -0.2) is 0 Å². The molecule has 4 heteroatoms. The van der Waals surface area contributed by atoms with Crippen LogP contribution in [0.5, 0.6) is 5.75 Å². The van der Waals surface area contributed by atoms with Gasteiger partial charge in [0.25, 0.3) is 0 Å². The summed E-state index contributed by atoms with van der Waals surface area (Å²) in [5.74, 6) is 1.90. The third-order valence-corrected chi connectivity index (χ3v) is 3.14. The third kappa shape index (κ3) is 3.52. The molecule has 0 atom stereocenters. The van der Waals surface area contributed by atoms with E-state index >= 15 is 0 Å². The fourth-order valence-corrected chi connectivity index (χ4v) is 1.70. The molecule has 0 heterocycles. The molecule has 1 aromatic carbocycles. The highest BCUT2D eigenvalue weighted by Gasteiger charge is 2.00. The van der Waals surface area contributed by atoms with Crippen LogP contribution in [0.25, 0.3) is 0 Å². The van der Waals surface area contributed by atoms with E-state index in [0.717, 1.165) is 28.1 Å². The Bertz CT molecular complexity index is 293. The van der Waals surface area contributed by atoms with Crippen LogP contribution >= 0.6 is 27.7 Å². The van der Waals surface area contributed by atoms with Crippen LogP contribution in [-0.4, -0.2) is 18.6 Å². The topological polar surface area (TPSA) is 35.2 Å². The molecule has 2 nitrogen and oxygen atoms in total. The molecule has 0 saturated carbocycles. The first kappa shape index (κ1) is 11.9. The van der Waals surface area contributed by atoms with Crippen LogP contribution in [0.3, 0.4) is 0 Å². The van der Waals surface area contributed by atoms with Crippen molar-refractivity contribution in [2.24, 2.45) is 5.73 Å². The molecule has 0 saturated heterocycles. The van der Waals surface area contributed by atoms with Crippen molar-refractivity contribution in [2.45, 2.75) is 6.54 Å². The van der Waals surface area contributed by atoms with E-state index in [1.54, 1.807) is 11.8 Å². The van der Waals surface area contributed by atoms with Crippen LogP contribution in [0.4, 0.5) is 0 Å². The minimum Gasteiger partial charge on any atom is -0.493 e. The first-order chi connectivity index (χ1) is 6.77. The van der Waals surface area contributed by atoms with Gasteiger partial charge in [0.15, 0.2) is 0 Å². The monoisotopic (exact) mass is 275 g/mol. The van der Waals surface area contributed by atoms with Crippen molar-refractivity contribution in [2.75, 3.05) is 18.6 Å². The van der Waals surface area contributed by atoms with Gasteiger partial charge in [-0.2, -0.15) is 11.8 Å². The molecule has 0 unspecified atom stereocenters. The molecular formula is C10H14BrNOS. The number of rotatable bonds is 5. The highest BCUT2D eigenvalue weighted by molar-refractivity contribution is 9.10. The Hall–Kier alpha value is -0.190. The van der Waals surface area contributed by atoms with E-state index in [9.17, 15) is 0 Å². The van der Waals surface area contributed by atoms with E-state index in [-0.39, 0.29) is 0 Å². The maximum Gasteiger partial charge on any atom is 0.119 e. The maximum absolute atomic E-state index is 5.58. The summed E-state index contributed by atoms with van der Waals surface area (Å²) >= 11 is 5.21. The van der Waals surface area contributed by atoms with Gasteiger partial charge in [-0.05, 0) is 30.0 Å². The van der Waals surface area contributed by atoms with Gasteiger partial charge in [0, 0.05) is 16.8 Å². The normalized spacial score (nSPS) is 10.2. The molecule has 0 aliphatic heterocycles. The number of ether oxygens (including phenoxy) is 1. The number of nitrogens with two attached hydrogens (primary N) is 1. The second kappa shape index (κ2) is 6.32. The lowest BCUT2D eigenvalue weighted by Crippen LogP contribution is -2.02. The Labute approximate surface area is 97.3 Å². The number of hydrogen-bond donors (Lipinski definition) is 1. The predicted octanol–water partition coefficient (Wildman–Crippen LogP) is 2.65. The van der Waals surface area contributed by atoms with Crippen LogP contribution in [-0.2, 0) is 6.54 Å². The number of halogens is 1. The lowest BCUT2D eigenvalue weighted by atomic mass is 10.2. The van der Waals surface area contributed by atoms with Crippen molar-refractivity contribution >= 4 is 27.7 Å². The second-order valence-electron chi connectivity index (χ2n) is 2.80. The van der Waals surface area contributed by atoms with E-state index in [1.165, 1.54) is 0 Å². The van der Waals surface area contributed by atoms with Gasteiger partial charge >= 0.3 is 0 Å². The quantitative estimate of drug-likeness (QED) is 0.840. The van der Waals surface area contributed by atoms with Gasteiger partial charge in [-0.15, -0.1) is 0 Å². The van der Waals surface area contributed by atoms with E-state index in [1.807, 2.05) is 18.2 Å². The first-order valence-corrected chi connectivity index (χ1v) is 6.57. The Morgan fingerprint density at radius 1 is 1.50 bits per heavy atom. The lowest BCUT2D eigenvalue weighted by Gasteiger charge is -2.07. The number of hydrogen-bond acceptors (Lipinski definition) is 3. The SMILES string of the molecule is CSCCOc1ccc(Br)c(CN)c1. The Balaban J connectivity index is 2.60. The van der Waals surface area contributed by atoms with Gasteiger partial charge in [0.05, 0.1) is 6.61 Å². The summed E-state index contributed by atoms with van der Waals surface area (Å²) in [7, 11) is 0. The van der Waals surface area contributed by atoms with Crippen molar-refractivity contribution < 1.29 is 4.74 Å². The molecule has 2 N–H and O–H groups in total. The highest BCUT2D eigenvalue weighted by atomic mass is 79.9. The minimum atomic E-state index is 0.528. The van der Waals surface area contributed by atoms with Gasteiger partial charge in [-0.3, -0.25) is 0 Å². The van der Waals surface area contributed by atoms with E-state index in [4.69, 9.17) is 10.5 Å². The average molecular weight is 276 g/mol. The Morgan fingerprint density at radius 2 is 2.29 bits per heavy atom. The molecule has 0 bridgehead atoms. The molecule has 14 heavy (non-hydrogen) atoms. The smallest absolute Gasteiger partial charge is 0.119 e. The molecule has 0 aromatic heterocycles. The summed E-state index contributed by atoms with van der Waals surface area (Å²) in [6.45, 7) is 1.27. The Kier molecular flexibility index (Phi) is 5.37. The average Bonchev–Trinajstić information content (AvgIpc) is 2.21. The third-order valence-electron chi connectivity index (χ3n) is 1.79.